The van der Waals surface area contributed by atoms with Crippen LogP contribution >= 0.6 is 0 Å². The number of rotatable bonds is 0. The average Bonchev–Trinajstić information content (AvgIpc) is 1.00. The second-order valence-electron chi connectivity index (χ2n) is 0. The fourth-order valence-corrected chi connectivity index (χ4v) is 0. The minimum absolute atomic E-state index is 0. The smallest absolute Gasteiger partial charge is 0 e. The molecule has 0 aliphatic heterocycles. The third-order valence-electron chi connectivity index (χ3n) is 0. The Morgan fingerprint density at radius 1 is 0.800 bits per heavy atom. The molecule has 0 unspecified atom stereocenters. The van der Waals surface area contributed by atoms with Gasteiger partial charge in [0.15, 0.2) is 0 Å². The Hall–Kier alpha value is 0.855. The van der Waals surface area contributed by atoms with Gasteiger partial charge in [-0.3, -0.25) is 0 Å². The monoisotopic (exact) mass is 201 g/mol. The summed E-state index contributed by atoms with van der Waals surface area (Å²) >= 11 is 0. The van der Waals surface area contributed by atoms with Crippen LogP contribution in [0.25, 0.3) is 0 Å². The SMILES string of the molecule is C=C.N.N.[La]. The predicted octanol–water partition coefficient (Wildman–Crippen LogP) is 1.13. The Bertz CT molecular complexity index is 7.61. The molecule has 0 aliphatic carbocycles. The normalized spacial score (nSPS) is 0.800. The van der Waals surface area contributed by atoms with E-state index in [-0.39, 0.29) is 47.9 Å². The van der Waals surface area contributed by atoms with Crippen molar-refractivity contribution in [3.8, 4) is 0 Å². The van der Waals surface area contributed by atoms with Gasteiger partial charge in [-0.2, -0.15) is 0 Å². The summed E-state index contributed by atoms with van der Waals surface area (Å²) in [7, 11) is 0. The van der Waals surface area contributed by atoms with Crippen molar-refractivity contribution in [2.24, 2.45) is 0 Å². The summed E-state index contributed by atoms with van der Waals surface area (Å²) in [6.45, 7) is 6.00. The molecule has 0 saturated carbocycles. The first-order valence-electron chi connectivity index (χ1n) is 0.500. The summed E-state index contributed by atoms with van der Waals surface area (Å²) in [6, 6.07) is 0. The summed E-state index contributed by atoms with van der Waals surface area (Å²) in [4.78, 5) is 0. The molecule has 0 fully saturated rings. The molecule has 0 heterocycles. The third-order valence-corrected chi connectivity index (χ3v) is 0. The maximum absolute atomic E-state index is 3.00. The summed E-state index contributed by atoms with van der Waals surface area (Å²) < 4.78 is 0. The standard InChI is InChI=1S/C2H4.La.2H3N/c1-2;;;/h1-2H2;;2*1H3. The topological polar surface area (TPSA) is 70.0 Å². The first-order valence-corrected chi connectivity index (χ1v) is 0.500. The van der Waals surface area contributed by atoms with Crippen molar-refractivity contribution in [2.75, 3.05) is 0 Å². The van der Waals surface area contributed by atoms with E-state index in [1.165, 1.54) is 0 Å². The van der Waals surface area contributed by atoms with Crippen LogP contribution in [0.4, 0.5) is 0 Å². The second-order valence-corrected chi connectivity index (χ2v) is 0. The maximum Gasteiger partial charge on any atom is 0 e. The van der Waals surface area contributed by atoms with Crippen molar-refractivity contribution in [3.05, 3.63) is 13.2 Å². The first kappa shape index (κ1) is 40.1. The molecule has 2 nitrogen and oxygen atoms in total. The van der Waals surface area contributed by atoms with E-state index in [0.717, 1.165) is 0 Å². The number of hydrogen-bond donors (Lipinski definition) is 2. The van der Waals surface area contributed by atoms with E-state index in [9.17, 15) is 0 Å². The van der Waals surface area contributed by atoms with Crippen LogP contribution in [0.3, 0.4) is 0 Å². The fourth-order valence-electron chi connectivity index (χ4n) is 0. The van der Waals surface area contributed by atoms with Gasteiger partial charge in [0.1, 0.15) is 0 Å². The first-order chi connectivity index (χ1) is 1.00. The zero-order chi connectivity index (χ0) is 2.00. The molecule has 0 aromatic carbocycles. The molecule has 5 heavy (non-hydrogen) atoms. The molecule has 0 saturated heterocycles. The summed E-state index contributed by atoms with van der Waals surface area (Å²) in [6.07, 6.45) is 0. The van der Waals surface area contributed by atoms with Gasteiger partial charge in [-0.15, -0.1) is 13.2 Å². The molecule has 1 radical (unpaired) electrons. The van der Waals surface area contributed by atoms with Crippen LogP contribution in [0.15, 0.2) is 13.2 Å². The van der Waals surface area contributed by atoms with Crippen LogP contribution < -0.4 is 12.3 Å². The Kier molecular flexibility index (Phi) is 792. The van der Waals surface area contributed by atoms with Crippen molar-refractivity contribution in [3.63, 3.8) is 0 Å². The molecule has 0 aliphatic rings. The van der Waals surface area contributed by atoms with Crippen molar-refractivity contribution < 1.29 is 35.6 Å². The fraction of sp³-hybridized carbons (Fsp3) is 0. The van der Waals surface area contributed by atoms with Crippen molar-refractivity contribution in [1.82, 2.24) is 12.3 Å². The predicted molar refractivity (Wildman–Crippen MR) is 21.3 cm³/mol. The van der Waals surface area contributed by atoms with E-state index in [0.29, 0.717) is 0 Å². The summed E-state index contributed by atoms with van der Waals surface area (Å²) in [5.41, 5.74) is 0. The molecule has 6 N–H and O–H groups in total. The minimum Gasteiger partial charge on any atom is -0.344 e. The quantitative estimate of drug-likeness (QED) is 0.576. The molecule has 0 aromatic heterocycles. The zero-order valence-electron chi connectivity index (χ0n) is 3.41. The van der Waals surface area contributed by atoms with Crippen LogP contribution in [0, 0.1) is 35.6 Å². The Balaban J connectivity index is -0.00000000167. The molecule has 0 bridgehead atoms. The Labute approximate surface area is 60.8 Å². The van der Waals surface area contributed by atoms with Crippen LogP contribution in [-0.2, 0) is 0 Å². The van der Waals surface area contributed by atoms with E-state index in [4.69, 9.17) is 0 Å². The molecule has 31 valence electrons. The minimum atomic E-state index is 0. The van der Waals surface area contributed by atoms with Gasteiger partial charge >= 0.3 is 0 Å². The Morgan fingerprint density at radius 2 is 0.800 bits per heavy atom. The average molecular weight is 201 g/mol. The molecular formula is C2H10LaN2. The summed E-state index contributed by atoms with van der Waals surface area (Å²) in [5, 5.41) is 0. The summed E-state index contributed by atoms with van der Waals surface area (Å²) in [5.74, 6) is 0. The van der Waals surface area contributed by atoms with Gasteiger partial charge in [0, 0.05) is 35.6 Å². The van der Waals surface area contributed by atoms with Gasteiger partial charge in [-0.25, -0.2) is 0 Å². The van der Waals surface area contributed by atoms with Gasteiger partial charge in [-0.1, -0.05) is 0 Å². The maximum atomic E-state index is 3.00. The van der Waals surface area contributed by atoms with Crippen LogP contribution in [0.1, 0.15) is 0 Å². The van der Waals surface area contributed by atoms with Gasteiger partial charge in [0.2, 0.25) is 0 Å². The van der Waals surface area contributed by atoms with Crippen molar-refractivity contribution >= 4 is 0 Å². The third kappa shape index (κ3) is 54.1. The largest absolute Gasteiger partial charge is 0.344 e. The Morgan fingerprint density at radius 3 is 0.800 bits per heavy atom. The molecule has 0 atom stereocenters. The molecule has 0 spiro atoms. The molecular weight excluding hydrogens is 191 g/mol. The molecule has 0 amide bonds. The van der Waals surface area contributed by atoms with E-state index >= 15 is 0 Å². The van der Waals surface area contributed by atoms with Crippen LogP contribution in [0.5, 0.6) is 0 Å². The van der Waals surface area contributed by atoms with Gasteiger partial charge in [-0.05, 0) is 0 Å². The van der Waals surface area contributed by atoms with Gasteiger partial charge < -0.3 is 12.3 Å². The number of hydrogen-bond acceptors (Lipinski definition) is 2. The van der Waals surface area contributed by atoms with Gasteiger partial charge in [0.25, 0.3) is 0 Å². The van der Waals surface area contributed by atoms with Crippen molar-refractivity contribution in [1.29, 1.82) is 0 Å². The van der Waals surface area contributed by atoms with E-state index in [2.05, 4.69) is 13.2 Å². The zero-order valence-corrected chi connectivity index (χ0v) is 7.03. The van der Waals surface area contributed by atoms with E-state index in [1.54, 1.807) is 0 Å². The van der Waals surface area contributed by atoms with Crippen molar-refractivity contribution in [2.45, 2.75) is 0 Å². The van der Waals surface area contributed by atoms with E-state index in [1.807, 2.05) is 0 Å². The van der Waals surface area contributed by atoms with Crippen LogP contribution in [0.2, 0.25) is 0 Å². The van der Waals surface area contributed by atoms with E-state index < -0.39 is 0 Å². The second kappa shape index (κ2) is 98.7. The van der Waals surface area contributed by atoms with Crippen LogP contribution in [-0.4, -0.2) is 0 Å². The van der Waals surface area contributed by atoms with Gasteiger partial charge in [0.05, 0.1) is 0 Å². The molecule has 3 heteroatoms. The molecule has 0 aromatic rings. The molecule has 0 rings (SSSR count).